The number of rotatable bonds is 4. The van der Waals surface area contributed by atoms with E-state index in [2.05, 4.69) is 23.3 Å². The van der Waals surface area contributed by atoms with Crippen LogP contribution < -0.4 is 15.0 Å². The Kier molecular flexibility index (Phi) is 4.12. The highest BCUT2D eigenvalue weighted by atomic mass is 32.1. The molecule has 1 aromatic carbocycles. The van der Waals surface area contributed by atoms with Crippen LogP contribution in [0.1, 0.15) is 29.5 Å². The van der Waals surface area contributed by atoms with Crippen molar-refractivity contribution in [3.8, 4) is 5.75 Å². The maximum absolute atomic E-state index is 5.30. The number of nitrogens with one attached hydrogen (secondary N) is 1. The lowest BCUT2D eigenvalue weighted by molar-refractivity contribution is 0.415. The third-order valence-electron chi connectivity index (χ3n) is 4.02. The molecule has 3 rings (SSSR count). The van der Waals surface area contributed by atoms with E-state index in [1.807, 2.05) is 25.2 Å². The SMILES string of the molecule is CNC1CCCc2nc(N(C)c3cccc(OC)c3)sc21. The van der Waals surface area contributed by atoms with Crippen molar-refractivity contribution in [1.29, 1.82) is 0 Å². The van der Waals surface area contributed by atoms with E-state index in [1.165, 1.54) is 23.4 Å². The summed E-state index contributed by atoms with van der Waals surface area (Å²) in [7, 11) is 5.79. The predicted octanol–water partition coefficient (Wildman–Crippen LogP) is 3.52. The van der Waals surface area contributed by atoms with E-state index in [-0.39, 0.29) is 0 Å². The van der Waals surface area contributed by atoms with Gasteiger partial charge in [0, 0.05) is 29.7 Å². The molecule has 0 aliphatic heterocycles. The molecule has 0 saturated heterocycles. The molecular formula is C16H21N3OS. The largest absolute Gasteiger partial charge is 0.497 e. The Morgan fingerprint density at radius 1 is 1.43 bits per heavy atom. The molecular weight excluding hydrogens is 282 g/mol. The van der Waals surface area contributed by atoms with Crippen LogP contribution in [0.4, 0.5) is 10.8 Å². The van der Waals surface area contributed by atoms with Crippen molar-refractivity contribution in [1.82, 2.24) is 10.3 Å². The van der Waals surface area contributed by atoms with Gasteiger partial charge in [0.15, 0.2) is 5.13 Å². The first-order chi connectivity index (χ1) is 10.2. The minimum Gasteiger partial charge on any atom is -0.497 e. The van der Waals surface area contributed by atoms with Gasteiger partial charge < -0.3 is 15.0 Å². The summed E-state index contributed by atoms with van der Waals surface area (Å²) in [5, 5.41) is 4.45. The summed E-state index contributed by atoms with van der Waals surface area (Å²) in [5.41, 5.74) is 2.36. The number of anilines is 2. The van der Waals surface area contributed by atoms with E-state index in [4.69, 9.17) is 9.72 Å². The Bertz CT molecular complexity index is 626. The standard InChI is InChI=1S/C16H21N3OS/c1-17-13-8-5-9-14-15(13)21-16(18-14)19(2)11-6-4-7-12(10-11)20-3/h4,6-7,10,13,17H,5,8-9H2,1-3H3. The van der Waals surface area contributed by atoms with Crippen molar-refractivity contribution in [3.63, 3.8) is 0 Å². The van der Waals surface area contributed by atoms with Crippen molar-refractivity contribution in [3.05, 3.63) is 34.8 Å². The van der Waals surface area contributed by atoms with Crippen LogP contribution in [0.25, 0.3) is 0 Å². The lowest BCUT2D eigenvalue weighted by Crippen LogP contribution is -2.19. The minimum absolute atomic E-state index is 0.457. The van der Waals surface area contributed by atoms with Gasteiger partial charge >= 0.3 is 0 Å². The summed E-state index contributed by atoms with van der Waals surface area (Å²) in [6.07, 6.45) is 3.51. The monoisotopic (exact) mass is 303 g/mol. The Hall–Kier alpha value is -1.59. The summed E-state index contributed by atoms with van der Waals surface area (Å²) in [4.78, 5) is 8.38. The second-order valence-electron chi connectivity index (χ2n) is 5.30. The topological polar surface area (TPSA) is 37.4 Å². The molecule has 0 radical (unpaired) electrons. The van der Waals surface area contributed by atoms with E-state index in [1.54, 1.807) is 18.4 Å². The van der Waals surface area contributed by atoms with E-state index in [9.17, 15) is 0 Å². The molecule has 0 spiro atoms. The molecule has 0 bridgehead atoms. The number of aromatic nitrogens is 1. The number of aryl methyl sites for hydroxylation is 1. The third-order valence-corrected chi connectivity index (χ3v) is 5.30. The molecule has 1 unspecified atom stereocenters. The Labute approximate surface area is 129 Å². The van der Waals surface area contributed by atoms with Crippen molar-refractivity contribution >= 4 is 22.2 Å². The zero-order valence-corrected chi connectivity index (χ0v) is 13.5. The summed E-state index contributed by atoms with van der Waals surface area (Å²) >= 11 is 1.80. The van der Waals surface area contributed by atoms with Crippen LogP contribution in [0.3, 0.4) is 0 Å². The zero-order chi connectivity index (χ0) is 14.8. The average molecular weight is 303 g/mol. The van der Waals surface area contributed by atoms with Gasteiger partial charge in [0.05, 0.1) is 12.8 Å². The molecule has 1 heterocycles. The highest BCUT2D eigenvalue weighted by Crippen LogP contribution is 2.39. The summed E-state index contributed by atoms with van der Waals surface area (Å²) in [6.45, 7) is 0. The highest BCUT2D eigenvalue weighted by Gasteiger charge is 2.24. The first-order valence-electron chi connectivity index (χ1n) is 7.27. The van der Waals surface area contributed by atoms with Gasteiger partial charge in [-0.15, -0.1) is 0 Å². The van der Waals surface area contributed by atoms with Gasteiger partial charge in [-0.05, 0) is 38.4 Å². The second-order valence-corrected chi connectivity index (χ2v) is 6.31. The van der Waals surface area contributed by atoms with Crippen molar-refractivity contribution in [2.24, 2.45) is 0 Å². The van der Waals surface area contributed by atoms with Gasteiger partial charge in [0.25, 0.3) is 0 Å². The van der Waals surface area contributed by atoms with Gasteiger partial charge in [-0.3, -0.25) is 0 Å². The number of fused-ring (bicyclic) bond motifs is 1. The van der Waals surface area contributed by atoms with Crippen molar-refractivity contribution in [2.45, 2.75) is 25.3 Å². The van der Waals surface area contributed by atoms with Gasteiger partial charge in [-0.1, -0.05) is 17.4 Å². The number of nitrogens with zero attached hydrogens (tertiary/aromatic N) is 2. The first kappa shape index (κ1) is 14.4. The fourth-order valence-corrected chi connectivity index (χ4v) is 3.99. The Morgan fingerprint density at radius 2 is 2.29 bits per heavy atom. The zero-order valence-electron chi connectivity index (χ0n) is 12.7. The molecule has 5 heteroatoms. The number of benzene rings is 1. The average Bonchev–Trinajstić information content (AvgIpc) is 2.98. The van der Waals surface area contributed by atoms with E-state index in [0.29, 0.717) is 6.04 Å². The Balaban J connectivity index is 1.91. The lowest BCUT2D eigenvalue weighted by Gasteiger charge is -2.19. The summed E-state index contributed by atoms with van der Waals surface area (Å²) in [6, 6.07) is 8.54. The van der Waals surface area contributed by atoms with Crippen LogP contribution in [0.2, 0.25) is 0 Å². The molecule has 21 heavy (non-hydrogen) atoms. The molecule has 112 valence electrons. The van der Waals surface area contributed by atoms with Crippen LogP contribution in [0.5, 0.6) is 5.75 Å². The number of thiazole rings is 1. The molecule has 1 aromatic heterocycles. The molecule has 1 atom stereocenters. The van der Waals surface area contributed by atoms with Crippen LogP contribution in [0.15, 0.2) is 24.3 Å². The van der Waals surface area contributed by atoms with E-state index < -0.39 is 0 Å². The molecule has 1 aliphatic carbocycles. The maximum atomic E-state index is 5.30. The quantitative estimate of drug-likeness (QED) is 0.938. The normalized spacial score (nSPS) is 17.4. The summed E-state index contributed by atoms with van der Waals surface area (Å²) in [5.74, 6) is 0.869. The van der Waals surface area contributed by atoms with Crippen LogP contribution >= 0.6 is 11.3 Å². The van der Waals surface area contributed by atoms with E-state index >= 15 is 0 Å². The molecule has 0 saturated carbocycles. The predicted molar refractivity (Wildman–Crippen MR) is 87.9 cm³/mol. The Morgan fingerprint density at radius 3 is 3.05 bits per heavy atom. The van der Waals surface area contributed by atoms with Crippen molar-refractivity contribution in [2.75, 3.05) is 26.1 Å². The number of ether oxygens (including phenoxy) is 1. The van der Waals surface area contributed by atoms with Gasteiger partial charge in [0.2, 0.25) is 0 Å². The van der Waals surface area contributed by atoms with Gasteiger partial charge in [-0.2, -0.15) is 0 Å². The number of hydrogen-bond acceptors (Lipinski definition) is 5. The van der Waals surface area contributed by atoms with Crippen molar-refractivity contribution < 1.29 is 4.74 Å². The molecule has 0 fully saturated rings. The number of hydrogen-bond donors (Lipinski definition) is 1. The molecule has 1 N–H and O–H groups in total. The minimum atomic E-state index is 0.457. The molecule has 2 aromatic rings. The lowest BCUT2D eigenvalue weighted by atomic mass is 9.98. The van der Waals surface area contributed by atoms with Gasteiger partial charge in [-0.25, -0.2) is 4.98 Å². The second kappa shape index (κ2) is 6.03. The molecule has 1 aliphatic rings. The van der Waals surface area contributed by atoms with Crippen LogP contribution in [-0.2, 0) is 6.42 Å². The molecule has 0 amide bonds. The maximum Gasteiger partial charge on any atom is 0.190 e. The van der Waals surface area contributed by atoms with Crippen LogP contribution in [0, 0.1) is 0 Å². The third kappa shape index (κ3) is 2.76. The van der Waals surface area contributed by atoms with Gasteiger partial charge in [0.1, 0.15) is 5.75 Å². The van der Waals surface area contributed by atoms with E-state index in [0.717, 1.165) is 23.0 Å². The molecule has 4 nitrogen and oxygen atoms in total. The highest BCUT2D eigenvalue weighted by molar-refractivity contribution is 7.15. The van der Waals surface area contributed by atoms with Crippen LogP contribution in [-0.4, -0.2) is 26.2 Å². The fourth-order valence-electron chi connectivity index (χ4n) is 2.76. The number of methoxy groups -OCH3 is 1. The smallest absolute Gasteiger partial charge is 0.190 e. The summed E-state index contributed by atoms with van der Waals surface area (Å²) < 4.78 is 5.30. The fraction of sp³-hybridized carbons (Fsp3) is 0.438. The first-order valence-corrected chi connectivity index (χ1v) is 8.09.